The molecule has 6 heteroatoms. The molecule has 17 heavy (non-hydrogen) atoms. The van der Waals surface area contributed by atoms with Crippen molar-refractivity contribution in [1.82, 2.24) is 10.6 Å². The lowest BCUT2D eigenvalue weighted by Crippen LogP contribution is -2.30. The van der Waals surface area contributed by atoms with Crippen LogP contribution in [0.5, 0.6) is 0 Å². The average molecular weight is 267 g/mol. The van der Waals surface area contributed by atoms with Crippen LogP contribution in [0.3, 0.4) is 0 Å². The van der Waals surface area contributed by atoms with Crippen molar-refractivity contribution in [3.8, 4) is 0 Å². The third-order valence-electron chi connectivity index (χ3n) is 2.79. The summed E-state index contributed by atoms with van der Waals surface area (Å²) in [6.07, 6.45) is 3.01. The standard InChI is InChI=1S/C11H22N2O3.ClH/c1-15-9-7-13-11(14)16-8-4-10-2-5-12-6-3-10;/h10,12H,2-9H2,1H3,(H,13,14);1H. The van der Waals surface area contributed by atoms with Crippen LogP contribution in [0.4, 0.5) is 4.79 Å². The second kappa shape index (κ2) is 10.6. The monoisotopic (exact) mass is 266 g/mol. The summed E-state index contributed by atoms with van der Waals surface area (Å²) < 4.78 is 9.88. The van der Waals surface area contributed by atoms with E-state index in [1.807, 2.05) is 0 Å². The molecule has 1 saturated heterocycles. The molecule has 0 unspecified atom stereocenters. The maximum Gasteiger partial charge on any atom is 0.407 e. The third kappa shape index (κ3) is 8.24. The van der Waals surface area contributed by atoms with E-state index >= 15 is 0 Å². The normalized spacial score (nSPS) is 16.1. The quantitative estimate of drug-likeness (QED) is 0.709. The molecule has 1 fully saturated rings. The zero-order valence-corrected chi connectivity index (χ0v) is 11.2. The first-order chi connectivity index (χ1) is 7.83. The number of carbonyl (C=O) groups is 1. The topological polar surface area (TPSA) is 59.6 Å². The predicted molar refractivity (Wildman–Crippen MR) is 68.7 cm³/mol. The Morgan fingerprint density at radius 1 is 1.35 bits per heavy atom. The van der Waals surface area contributed by atoms with Gasteiger partial charge in [0.1, 0.15) is 0 Å². The van der Waals surface area contributed by atoms with Gasteiger partial charge in [0.2, 0.25) is 0 Å². The number of halogens is 1. The van der Waals surface area contributed by atoms with Gasteiger partial charge in [-0.2, -0.15) is 0 Å². The van der Waals surface area contributed by atoms with Crippen LogP contribution in [0.15, 0.2) is 0 Å². The number of rotatable bonds is 6. The Morgan fingerprint density at radius 3 is 2.71 bits per heavy atom. The third-order valence-corrected chi connectivity index (χ3v) is 2.79. The van der Waals surface area contributed by atoms with Gasteiger partial charge in [0.15, 0.2) is 0 Å². The minimum atomic E-state index is -0.342. The maximum atomic E-state index is 11.2. The Hall–Kier alpha value is -0.520. The molecule has 1 amide bonds. The van der Waals surface area contributed by atoms with Crippen LogP contribution in [-0.4, -0.2) is 46.1 Å². The summed E-state index contributed by atoms with van der Waals surface area (Å²) in [5, 5.41) is 5.94. The summed E-state index contributed by atoms with van der Waals surface area (Å²) in [6.45, 7) is 3.71. The Morgan fingerprint density at radius 2 is 2.06 bits per heavy atom. The molecule has 0 aromatic carbocycles. The Balaban J connectivity index is 0.00000256. The van der Waals surface area contributed by atoms with Crippen molar-refractivity contribution in [2.75, 3.05) is 40.0 Å². The van der Waals surface area contributed by atoms with Crippen molar-refractivity contribution in [1.29, 1.82) is 0 Å². The second-order valence-corrected chi connectivity index (χ2v) is 4.04. The number of carbonyl (C=O) groups excluding carboxylic acids is 1. The van der Waals surface area contributed by atoms with E-state index in [9.17, 15) is 4.79 Å². The number of ether oxygens (including phenoxy) is 2. The van der Waals surface area contributed by atoms with Gasteiger partial charge in [-0.25, -0.2) is 4.79 Å². The van der Waals surface area contributed by atoms with Gasteiger partial charge in [0, 0.05) is 13.7 Å². The minimum Gasteiger partial charge on any atom is -0.450 e. The molecule has 0 aromatic rings. The van der Waals surface area contributed by atoms with Gasteiger partial charge in [0.05, 0.1) is 13.2 Å². The van der Waals surface area contributed by atoms with Crippen molar-refractivity contribution in [3.63, 3.8) is 0 Å². The lowest BCUT2D eigenvalue weighted by molar-refractivity contribution is 0.130. The molecule has 0 atom stereocenters. The van der Waals surface area contributed by atoms with Crippen molar-refractivity contribution in [2.45, 2.75) is 19.3 Å². The number of hydrogen-bond donors (Lipinski definition) is 2. The van der Waals surface area contributed by atoms with E-state index in [1.54, 1.807) is 7.11 Å². The number of nitrogens with one attached hydrogen (secondary N) is 2. The van der Waals surface area contributed by atoms with Crippen molar-refractivity contribution in [3.05, 3.63) is 0 Å². The Labute approximate surface area is 109 Å². The summed E-state index contributed by atoms with van der Waals surface area (Å²) in [5.74, 6) is 0.702. The molecule has 1 rings (SSSR count). The van der Waals surface area contributed by atoms with Crippen LogP contribution < -0.4 is 10.6 Å². The SMILES string of the molecule is COCCNC(=O)OCCC1CCNCC1.Cl. The molecule has 1 aliphatic rings. The van der Waals surface area contributed by atoms with E-state index in [1.165, 1.54) is 12.8 Å². The van der Waals surface area contributed by atoms with Crippen LogP contribution >= 0.6 is 12.4 Å². The van der Waals surface area contributed by atoms with E-state index in [-0.39, 0.29) is 18.5 Å². The fraction of sp³-hybridized carbons (Fsp3) is 0.909. The zero-order chi connectivity index (χ0) is 11.6. The van der Waals surface area contributed by atoms with Crippen molar-refractivity contribution >= 4 is 18.5 Å². The summed E-state index contributed by atoms with van der Waals surface area (Å²) in [7, 11) is 1.60. The number of hydrogen-bond acceptors (Lipinski definition) is 4. The van der Waals surface area contributed by atoms with E-state index in [2.05, 4.69) is 10.6 Å². The number of alkyl carbamates (subject to hydrolysis) is 1. The van der Waals surface area contributed by atoms with Crippen LogP contribution in [0.2, 0.25) is 0 Å². The van der Waals surface area contributed by atoms with Gasteiger partial charge < -0.3 is 20.1 Å². The van der Waals surface area contributed by atoms with Crippen molar-refractivity contribution in [2.24, 2.45) is 5.92 Å². The summed E-state index contributed by atoms with van der Waals surface area (Å²) in [6, 6.07) is 0. The number of piperidine rings is 1. The zero-order valence-electron chi connectivity index (χ0n) is 10.4. The van der Waals surface area contributed by atoms with Gasteiger partial charge in [-0.3, -0.25) is 0 Å². The van der Waals surface area contributed by atoms with Gasteiger partial charge >= 0.3 is 6.09 Å². The molecule has 102 valence electrons. The van der Waals surface area contributed by atoms with Gasteiger partial charge in [-0.05, 0) is 38.3 Å². The largest absolute Gasteiger partial charge is 0.450 e. The molecule has 1 aliphatic heterocycles. The first-order valence-corrected chi connectivity index (χ1v) is 5.93. The van der Waals surface area contributed by atoms with E-state index in [0.29, 0.717) is 25.7 Å². The molecule has 0 bridgehead atoms. The van der Waals surface area contributed by atoms with Crippen LogP contribution in [-0.2, 0) is 9.47 Å². The van der Waals surface area contributed by atoms with Crippen molar-refractivity contribution < 1.29 is 14.3 Å². The number of amides is 1. The molecule has 2 N–H and O–H groups in total. The van der Waals surface area contributed by atoms with Gasteiger partial charge in [-0.1, -0.05) is 0 Å². The molecule has 0 spiro atoms. The number of methoxy groups -OCH3 is 1. The van der Waals surface area contributed by atoms with E-state index < -0.39 is 0 Å². The van der Waals surface area contributed by atoms with Crippen LogP contribution in [0.25, 0.3) is 0 Å². The fourth-order valence-corrected chi connectivity index (χ4v) is 1.79. The fourth-order valence-electron chi connectivity index (χ4n) is 1.79. The minimum absolute atomic E-state index is 0. The van der Waals surface area contributed by atoms with E-state index in [4.69, 9.17) is 9.47 Å². The van der Waals surface area contributed by atoms with Gasteiger partial charge in [0.25, 0.3) is 0 Å². The molecule has 0 aromatic heterocycles. The summed E-state index contributed by atoms with van der Waals surface area (Å²) >= 11 is 0. The van der Waals surface area contributed by atoms with Crippen LogP contribution in [0, 0.1) is 5.92 Å². The lowest BCUT2D eigenvalue weighted by atomic mass is 9.95. The lowest BCUT2D eigenvalue weighted by Gasteiger charge is -2.22. The maximum absolute atomic E-state index is 11.2. The molecular formula is C11H23ClN2O3. The van der Waals surface area contributed by atoms with E-state index in [0.717, 1.165) is 19.5 Å². The molecule has 0 radical (unpaired) electrons. The molecule has 5 nitrogen and oxygen atoms in total. The molecule has 0 aliphatic carbocycles. The predicted octanol–water partition coefficient (Wildman–Crippen LogP) is 1.17. The highest BCUT2D eigenvalue weighted by Crippen LogP contribution is 2.15. The van der Waals surface area contributed by atoms with Crippen LogP contribution in [0.1, 0.15) is 19.3 Å². The second-order valence-electron chi connectivity index (χ2n) is 4.04. The molecular weight excluding hydrogens is 244 g/mol. The molecule has 0 saturated carbocycles. The first kappa shape index (κ1) is 16.5. The smallest absolute Gasteiger partial charge is 0.407 e. The molecule has 1 heterocycles. The summed E-state index contributed by atoms with van der Waals surface area (Å²) in [5.41, 5.74) is 0. The Kier molecular flexibility index (Phi) is 10.3. The average Bonchev–Trinajstić information content (AvgIpc) is 2.31. The van der Waals surface area contributed by atoms with Gasteiger partial charge in [-0.15, -0.1) is 12.4 Å². The Bertz CT molecular complexity index is 199. The highest BCUT2D eigenvalue weighted by molar-refractivity contribution is 5.85. The highest BCUT2D eigenvalue weighted by atomic mass is 35.5. The first-order valence-electron chi connectivity index (χ1n) is 5.93. The summed E-state index contributed by atoms with van der Waals surface area (Å²) in [4.78, 5) is 11.2. The highest BCUT2D eigenvalue weighted by Gasteiger charge is 2.13.